The molecule has 0 saturated carbocycles. The number of rotatable bonds is 2. The largest absolute Gasteiger partial charge is 0.500 e. The highest BCUT2D eigenvalue weighted by Gasteiger charge is 2.54. The second-order valence-corrected chi connectivity index (χ2v) is 4.90. The molecule has 0 radical (unpaired) electrons. The number of fused-ring (bicyclic) bond motifs is 1. The molecule has 0 unspecified atom stereocenters. The van der Waals surface area contributed by atoms with Gasteiger partial charge < -0.3 is 4.74 Å². The van der Waals surface area contributed by atoms with Gasteiger partial charge in [-0.05, 0) is 24.1 Å². The van der Waals surface area contributed by atoms with Crippen molar-refractivity contribution in [3.05, 3.63) is 47.2 Å². The minimum absolute atomic E-state index is 0.0328. The van der Waals surface area contributed by atoms with Gasteiger partial charge in [-0.1, -0.05) is 24.3 Å². The van der Waals surface area contributed by atoms with E-state index in [0.29, 0.717) is 5.76 Å². The number of hydrogen-bond acceptors (Lipinski definition) is 3. The Morgan fingerprint density at radius 1 is 1.39 bits per heavy atom. The highest BCUT2D eigenvalue weighted by molar-refractivity contribution is 6.04. The summed E-state index contributed by atoms with van der Waals surface area (Å²) in [6.45, 7) is 1.53. The maximum atomic E-state index is 12.2. The highest BCUT2D eigenvalue weighted by Crippen LogP contribution is 2.51. The van der Waals surface area contributed by atoms with Gasteiger partial charge >= 0.3 is 0 Å². The van der Waals surface area contributed by atoms with E-state index in [-0.39, 0.29) is 23.9 Å². The van der Waals surface area contributed by atoms with Gasteiger partial charge in [0.05, 0.1) is 13.0 Å². The average molecular weight is 242 g/mol. The van der Waals surface area contributed by atoms with Crippen LogP contribution in [0.3, 0.4) is 0 Å². The summed E-state index contributed by atoms with van der Waals surface area (Å²) in [7, 11) is 1.56. The van der Waals surface area contributed by atoms with Crippen LogP contribution in [0, 0.1) is 0 Å². The zero-order valence-electron chi connectivity index (χ0n) is 10.4. The molecule has 0 N–H and O–H groups in total. The molecule has 0 amide bonds. The summed E-state index contributed by atoms with van der Waals surface area (Å²) in [6, 6.07) is 7.67. The number of carbonyl (C=O) groups is 2. The fraction of sp³-hybridized carbons (Fsp3) is 0.333. The van der Waals surface area contributed by atoms with E-state index in [2.05, 4.69) is 0 Å². The number of benzene rings is 1. The van der Waals surface area contributed by atoms with Crippen LogP contribution in [0.5, 0.6) is 0 Å². The normalized spacial score (nSPS) is 28.7. The first-order chi connectivity index (χ1) is 8.61. The van der Waals surface area contributed by atoms with Gasteiger partial charge in [-0.2, -0.15) is 0 Å². The molecule has 1 aromatic rings. The first kappa shape index (κ1) is 11.2. The van der Waals surface area contributed by atoms with Gasteiger partial charge in [0.15, 0.2) is 0 Å². The minimum Gasteiger partial charge on any atom is -0.500 e. The maximum absolute atomic E-state index is 12.2. The molecule has 3 aliphatic rings. The quantitative estimate of drug-likeness (QED) is 0.797. The molecule has 4 rings (SSSR count). The molecule has 18 heavy (non-hydrogen) atoms. The molecule has 2 atom stereocenters. The van der Waals surface area contributed by atoms with E-state index in [4.69, 9.17) is 4.74 Å². The topological polar surface area (TPSA) is 43.4 Å². The standard InChI is InChI=1S/C15H14O3/c1-9(16)15-8-13(17)11(7-14(15)18-2)10-5-3-4-6-12(10)15/h3-7,11H,8H2,1-2H3/t11-,15-/m0/s1. The predicted molar refractivity (Wildman–Crippen MR) is 66.3 cm³/mol. The van der Waals surface area contributed by atoms with Crippen LogP contribution in [0.2, 0.25) is 0 Å². The number of carbonyl (C=O) groups excluding carboxylic acids is 2. The molecule has 0 aliphatic heterocycles. The average Bonchev–Trinajstić information content (AvgIpc) is 2.38. The molecule has 3 heteroatoms. The Hall–Kier alpha value is -1.90. The first-order valence-electron chi connectivity index (χ1n) is 6.00. The molecule has 2 bridgehead atoms. The van der Waals surface area contributed by atoms with Crippen molar-refractivity contribution >= 4 is 11.6 Å². The summed E-state index contributed by atoms with van der Waals surface area (Å²) in [6.07, 6.45) is 2.03. The molecule has 3 aliphatic carbocycles. The molecule has 3 nitrogen and oxygen atoms in total. The van der Waals surface area contributed by atoms with Gasteiger partial charge in [-0.3, -0.25) is 9.59 Å². The summed E-state index contributed by atoms with van der Waals surface area (Å²) in [5.74, 6) is 0.440. The molecule has 0 heterocycles. The van der Waals surface area contributed by atoms with E-state index in [0.717, 1.165) is 11.1 Å². The number of hydrogen-bond donors (Lipinski definition) is 0. The smallest absolute Gasteiger partial charge is 0.148 e. The van der Waals surface area contributed by atoms with Crippen molar-refractivity contribution in [1.82, 2.24) is 0 Å². The summed E-state index contributed by atoms with van der Waals surface area (Å²) in [5.41, 5.74) is 0.989. The number of methoxy groups -OCH3 is 1. The van der Waals surface area contributed by atoms with Crippen LogP contribution in [-0.4, -0.2) is 18.7 Å². The van der Waals surface area contributed by atoms with E-state index >= 15 is 0 Å². The summed E-state index contributed by atoms with van der Waals surface area (Å²) in [4.78, 5) is 24.3. The second kappa shape index (κ2) is 3.55. The third kappa shape index (κ3) is 1.14. The highest BCUT2D eigenvalue weighted by atomic mass is 16.5. The Morgan fingerprint density at radius 2 is 2.11 bits per heavy atom. The second-order valence-electron chi connectivity index (χ2n) is 4.90. The Bertz CT molecular complexity index is 585. The predicted octanol–water partition coefficient (Wildman–Crippen LogP) is 2.11. The van der Waals surface area contributed by atoms with Crippen molar-refractivity contribution in [3.8, 4) is 0 Å². The van der Waals surface area contributed by atoms with Crippen LogP contribution in [0.1, 0.15) is 30.4 Å². The molecule has 0 aromatic heterocycles. The molecule has 0 fully saturated rings. The molecule has 92 valence electrons. The fourth-order valence-corrected chi connectivity index (χ4v) is 3.22. The van der Waals surface area contributed by atoms with E-state index < -0.39 is 5.41 Å². The van der Waals surface area contributed by atoms with Crippen molar-refractivity contribution in [2.75, 3.05) is 7.11 Å². The lowest BCUT2D eigenvalue weighted by atomic mass is 9.58. The lowest BCUT2D eigenvalue weighted by Crippen LogP contribution is -2.48. The Kier molecular flexibility index (Phi) is 2.21. The van der Waals surface area contributed by atoms with E-state index in [1.165, 1.54) is 6.92 Å². The van der Waals surface area contributed by atoms with Gasteiger partial charge in [0.1, 0.15) is 22.7 Å². The van der Waals surface area contributed by atoms with Crippen LogP contribution in [0.25, 0.3) is 0 Å². The third-order valence-corrected chi connectivity index (χ3v) is 4.10. The maximum Gasteiger partial charge on any atom is 0.148 e. The van der Waals surface area contributed by atoms with E-state index in [1.54, 1.807) is 13.2 Å². The zero-order valence-corrected chi connectivity index (χ0v) is 10.4. The fourth-order valence-electron chi connectivity index (χ4n) is 3.22. The monoisotopic (exact) mass is 242 g/mol. The lowest BCUT2D eigenvalue weighted by molar-refractivity contribution is -0.130. The molecular formula is C15H14O3. The number of ether oxygens (including phenoxy) is 1. The van der Waals surface area contributed by atoms with Crippen LogP contribution >= 0.6 is 0 Å². The van der Waals surface area contributed by atoms with Crippen molar-refractivity contribution in [2.45, 2.75) is 24.7 Å². The van der Waals surface area contributed by atoms with E-state index in [1.807, 2.05) is 24.3 Å². The van der Waals surface area contributed by atoms with Gasteiger partial charge in [0.25, 0.3) is 0 Å². The molecule has 0 saturated heterocycles. The van der Waals surface area contributed by atoms with Gasteiger partial charge in [0.2, 0.25) is 0 Å². The number of Topliss-reactive ketones (excluding diaryl/α,β-unsaturated/α-hetero) is 2. The number of allylic oxidation sites excluding steroid dienone is 2. The molecule has 0 spiro atoms. The van der Waals surface area contributed by atoms with Crippen molar-refractivity contribution in [3.63, 3.8) is 0 Å². The van der Waals surface area contributed by atoms with Crippen LogP contribution in [0.15, 0.2) is 36.1 Å². The Balaban J connectivity index is 2.36. The van der Waals surface area contributed by atoms with Crippen molar-refractivity contribution < 1.29 is 14.3 Å². The number of ketones is 2. The summed E-state index contributed by atoms with van der Waals surface area (Å²) in [5, 5.41) is 0. The van der Waals surface area contributed by atoms with Gasteiger partial charge in [-0.25, -0.2) is 0 Å². The Morgan fingerprint density at radius 3 is 2.78 bits per heavy atom. The van der Waals surface area contributed by atoms with Crippen LogP contribution < -0.4 is 0 Å². The van der Waals surface area contributed by atoms with E-state index in [9.17, 15) is 9.59 Å². The van der Waals surface area contributed by atoms with Crippen molar-refractivity contribution in [1.29, 1.82) is 0 Å². The van der Waals surface area contributed by atoms with Crippen molar-refractivity contribution in [2.24, 2.45) is 0 Å². The van der Waals surface area contributed by atoms with Gasteiger partial charge in [0, 0.05) is 6.42 Å². The minimum atomic E-state index is -0.892. The lowest BCUT2D eigenvalue weighted by Gasteiger charge is -2.44. The Labute approximate surface area is 105 Å². The van der Waals surface area contributed by atoms with Crippen LogP contribution in [-0.2, 0) is 19.7 Å². The zero-order chi connectivity index (χ0) is 12.9. The third-order valence-electron chi connectivity index (χ3n) is 4.10. The summed E-state index contributed by atoms with van der Waals surface area (Å²) >= 11 is 0. The van der Waals surface area contributed by atoms with Gasteiger partial charge in [-0.15, -0.1) is 0 Å². The molecule has 1 aromatic carbocycles. The molecular weight excluding hydrogens is 228 g/mol. The van der Waals surface area contributed by atoms with Crippen LogP contribution in [0.4, 0.5) is 0 Å². The SMILES string of the molecule is COC1=C[C@@H]2C(=O)C[C@]1(C(C)=O)c1ccccc12. The summed E-state index contributed by atoms with van der Waals surface area (Å²) < 4.78 is 5.38. The first-order valence-corrected chi connectivity index (χ1v) is 6.00.